The van der Waals surface area contributed by atoms with Crippen LogP contribution < -0.4 is 5.32 Å². The molecule has 0 bridgehead atoms. The van der Waals surface area contributed by atoms with Gasteiger partial charge in [0.25, 0.3) is 0 Å². The van der Waals surface area contributed by atoms with Crippen LogP contribution >= 0.6 is 0 Å². The average molecular weight is 279 g/mol. The first kappa shape index (κ1) is 14.8. The zero-order valence-corrected chi connectivity index (χ0v) is 13.4. The minimum atomic E-state index is 0.275. The molecule has 1 saturated carbocycles. The molecule has 2 unspecified atom stereocenters. The molecule has 3 rings (SSSR count). The molecule has 20 heavy (non-hydrogen) atoms. The van der Waals surface area contributed by atoms with Crippen LogP contribution in [-0.2, 0) is 4.74 Å². The maximum absolute atomic E-state index is 6.27. The first-order chi connectivity index (χ1) is 9.79. The second kappa shape index (κ2) is 6.36. The van der Waals surface area contributed by atoms with Gasteiger partial charge in [-0.05, 0) is 57.4 Å². The Balaban J connectivity index is 1.75. The molecule has 0 radical (unpaired) electrons. The first-order valence-electron chi connectivity index (χ1n) is 9.18. The van der Waals surface area contributed by atoms with Crippen LogP contribution in [0.25, 0.3) is 0 Å². The molecule has 2 atom stereocenters. The molecule has 2 heteroatoms. The molecule has 2 aliphatic heterocycles. The molecular formula is C18H33NO. The van der Waals surface area contributed by atoms with E-state index in [1.54, 1.807) is 0 Å². The Morgan fingerprint density at radius 3 is 2.65 bits per heavy atom. The van der Waals surface area contributed by atoms with Gasteiger partial charge in [0.2, 0.25) is 0 Å². The standard InChI is InChI=1S/C18H33NO/c1-2-9-18(12-4-3-7-13-19-18)16-8-14-20-17(15-16)10-5-6-11-17/h16,19H,2-15H2,1H3. The van der Waals surface area contributed by atoms with Crippen molar-refractivity contribution in [3.63, 3.8) is 0 Å². The van der Waals surface area contributed by atoms with E-state index >= 15 is 0 Å². The van der Waals surface area contributed by atoms with E-state index in [0.717, 1.165) is 12.5 Å². The van der Waals surface area contributed by atoms with Gasteiger partial charge < -0.3 is 10.1 Å². The Morgan fingerprint density at radius 1 is 1.05 bits per heavy atom. The number of rotatable bonds is 3. The van der Waals surface area contributed by atoms with E-state index in [-0.39, 0.29) is 5.60 Å². The van der Waals surface area contributed by atoms with E-state index in [1.165, 1.54) is 83.6 Å². The molecule has 3 aliphatic rings. The number of nitrogens with one attached hydrogen (secondary N) is 1. The van der Waals surface area contributed by atoms with Crippen LogP contribution in [0.2, 0.25) is 0 Å². The summed E-state index contributed by atoms with van der Waals surface area (Å²) in [6.45, 7) is 4.61. The van der Waals surface area contributed by atoms with E-state index in [9.17, 15) is 0 Å². The van der Waals surface area contributed by atoms with Crippen molar-refractivity contribution in [1.82, 2.24) is 5.32 Å². The van der Waals surface area contributed by atoms with Crippen molar-refractivity contribution in [3.8, 4) is 0 Å². The molecule has 0 aromatic carbocycles. The van der Waals surface area contributed by atoms with Crippen LogP contribution in [-0.4, -0.2) is 24.3 Å². The summed E-state index contributed by atoms with van der Waals surface area (Å²) >= 11 is 0. The lowest BCUT2D eigenvalue weighted by atomic mass is 9.69. The molecule has 0 amide bonds. The quantitative estimate of drug-likeness (QED) is 0.825. The van der Waals surface area contributed by atoms with Crippen LogP contribution in [0.5, 0.6) is 0 Å². The van der Waals surface area contributed by atoms with Crippen molar-refractivity contribution in [1.29, 1.82) is 0 Å². The summed E-state index contributed by atoms with van der Waals surface area (Å²) in [7, 11) is 0. The molecule has 0 aromatic heterocycles. The third kappa shape index (κ3) is 2.92. The average Bonchev–Trinajstić information content (AvgIpc) is 2.76. The lowest BCUT2D eigenvalue weighted by Gasteiger charge is -2.48. The van der Waals surface area contributed by atoms with Crippen molar-refractivity contribution < 1.29 is 4.74 Å². The predicted molar refractivity (Wildman–Crippen MR) is 84.0 cm³/mol. The number of ether oxygens (including phenoxy) is 1. The normalized spacial score (nSPS) is 38.0. The highest BCUT2D eigenvalue weighted by Gasteiger charge is 2.47. The van der Waals surface area contributed by atoms with Crippen molar-refractivity contribution in [2.45, 2.75) is 95.1 Å². The van der Waals surface area contributed by atoms with Gasteiger partial charge in [-0.1, -0.05) is 39.0 Å². The molecule has 2 nitrogen and oxygen atoms in total. The molecule has 1 aliphatic carbocycles. The molecule has 1 spiro atoms. The highest BCUT2D eigenvalue weighted by molar-refractivity contribution is 5.02. The van der Waals surface area contributed by atoms with Gasteiger partial charge in [-0.25, -0.2) is 0 Å². The van der Waals surface area contributed by atoms with Crippen LogP contribution in [0.4, 0.5) is 0 Å². The minimum absolute atomic E-state index is 0.275. The summed E-state index contributed by atoms with van der Waals surface area (Å²) in [6, 6.07) is 0. The summed E-state index contributed by atoms with van der Waals surface area (Å²) in [5, 5.41) is 4.02. The predicted octanol–water partition coefficient (Wildman–Crippen LogP) is 4.43. The third-order valence-corrected chi connectivity index (χ3v) is 6.26. The van der Waals surface area contributed by atoms with Crippen molar-refractivity contribution in [2.24, 2.45) is 5.92 Å². The zero-order valence-electron chi connectivity index (χ0n) is 13.4. The largest absolute Gasteiger partial charge is 0.375 e. The van der Waals surface area contributed by atoms with Crippen LogP contribution in [0.1, 0.15) is 84.0 Å². The zero-order chi connectivity index (χ0) is 13.9. The summed E-state index contributed by atoms with van der Waals surface area (Å²) in [4.78, 5) is 0. The highest BCUT2D eigenvalue weighted by Crippen LogP contribution is 2.47. The molecule has 116 valence electrons. The summed E-state index contributed by atoms with van der Waals surface area (Å²) < 4.78 is 6.27. The fourth-order valence-corrected chi connectivity index (χ4v) is 5.25. The molecule has 2 saturated heterocycles. The second-order valence-corrected chi connectivity index (χ2v) is 7.57. The van der Waals surface area contributed by atoms with E-state index in [1.807, 2.05) is 0 Å². The summed E-state index contributed by atoms with van der Waals surface area (Å²) in [5.74, 6) is 0.854. The molecule has 3 fully saturated rings. The van der Waals surface area contributed by atoms with Gasteiger partial charge in [0.05, 0.1) is 5.60 Å². The van der Waals surface area contributed by atoms with Crippen molar-refractivity contribution in [3.05, 3.63) is 0 Å². The summed E-state index contributed by atoms with van der Waals surface area (Å²) in [5.41, 5.74) is 0.711. The Morgan fingerprint density at radius 2 is 1.85 bits per heavy atom. The van der Waals surface area contributed by atoms with E-state index in [2.05, 4.69) is 12.2 Å². The summed E-state index contributed by atoms with van der Waals surface area (Å²) in [6.07, 6.45) is 16.4. The Hall–Kier alpha value is -0.0800. The maximum atomic E-state index is 6.27. The highest BCUT2D eigenvalue weighted by atomic mass is 16.5. The number of hydrogen-bond acceptors (Lipinski definition) is 2. The van der Waals surface area contributed by atoms with Crippen molar-refractivity contribution >= 4 is 0 Å². The van der Waals surface area contributed by atoms with Gasteiger partial charge in [-0.15, -0.1) is 0 Å². The SMILES string of the molecule is CCCC1(C2CCOC3(CCCC3)C2)CCCCCN1. The third-order valence-electron chi connectivity index (χ3n) is 6.26. The van der Waals surface area contributed by atoms with Gasteiger partial charge in [-0.3, -0.25) is 0 Å². The smallest absolute Gasteiger partial charge is 0.0685 e. The Bertz CT molecular complexity index is 301. The fraction of sp³-hybridized carbons (Fsp3) is 1.00. The lowest BCUT2D eigenvalue weighted by molar-refractivity contribution is -0.110. The Labute approximate surface area is 125 Å². The van der Waals surface area contributed by atoms with Crippen LogP contribution in [0.15, 0.2) is 0 Å². The second-order valence-electron chi connectivity index (χ2n) is 7.57. The molecule has 2 heterocycles. The molecule has 0 aromatic rings. The lowest BCUT2D eigenvalue weighted by Crippen LogP contribution is -2.55. The maximum Gasteiger partial charge on any atom is 0.0685 e. The van der Waals surface area contributed by atoms with Gasteiger partial charge in [0, 0.05) is 12.1 Å². The fourth-order valence-electron chi connectivity index (χ4n) is 5.25. The van der Waals surface area contributed by atoms with E-state index < -0.39 is 0 Å². The van der Waals surface area contributed by atoms with Crippen LogP contribution in [0.3, 0.4) is 0 Å². The number of hydrogen-bond donors (Lipinski definition) is 1. The van der Waals surface area contributed by atoms with Gasteiger partial charge in [0.15, 0.2) is 0 Å². The monoisotopic (exact) mass is 279 g/mol. The van der Waals surface area contributed by atoms with Gasteiger partial charge in [-0.2, -0.15) is 0 Å². The topological polar surface area (TPSA) is 21.3 Å². The van der Waals surface area contributed by atoms with Gasteiger partial charge >= 0.3 is 0 Å². The van der Waals surface area contributed by atoms with Gasteiger partial charge in [0.1, 0.15) is 0 Å². The van der Waals surface area contributed by atoms with E-state index in [4.69, 9.17) is 4.74 Å². The minimum Gasteiger partial charge on any atom is -0.375 e. The molecular weight excluding hydrogens is 246 g/mol. The Kier molecular flexibility index (Phi) is 4.72. The van der Waals surface area contributed by atoms with Crippen LogP contribution in [0, 0.1) is 5.92 Å². The van der Waals surface area contributed by atoms with E-state index in [0.29, 0.717) is 5.54 Å². The molecule has 1 N–H and O–H groups in total. The first-order valence-corrected chi connectivity index (χ1v) is 9.18. The van der Waals surface area contributed by atoms with Crippen molar-refractivity contribution in [2.75, 3.05) is 13.2 Å².